The van der Waals surface area contributed by atoms with Gasteiger partial charge < -0.3 is 15.2 Å². The molecule has 0 bridgehead atoms. The summed E-state index contributed by atoms with van der Waals surface area (Å²) >= 11 is 0. The Morgan fingerprint density at radius 1 is 1.26 bits per heavy atom. The lowest BCUT2D eigenvalue weighted by molar-refractivity contribution is -0.145. The van der Waals surface area contributed by atoms with E-state index < -0.39 is 50.4 Å². The number of carbonyl (C=O) groups is 1. The van der Waals surface area contributed by atoms with E-state index in [1.54, 1.807) is 0 Å². The van der Waals surface area contributed by atoms with Gasteiger partial charge in [0.05, 0.1) is 13.2 Å². The monoisotopic (exact) mass is 515 g/mol. The van der Waals surface area contributed by atoms with E-state index in [0.29, 0.717) is 11.0 Å². The Hall–Kier alpha value is -2.70. The Morgan fingerprint density at radius 3 is 2.77 bits per heavy atom. The van der Waals surface area contributed by atoms with Gasteiger partial charge in [-0.15, -0.1) is 0 Å². The van der Waals surface area contributed by atoms with Crippen LogP contribution in [0.25, 0.3) is 0 Å². The third-order valence-electron chi connectivity index (χ3n) is 5.36. The molecule has 0 saturated carbocycles. The molecule has 0 spiro atoms. The van der Waals surface area contributed by atoms with Crippen molar-refractivity contribution < 1.29 is 41.2 Å². The zero-order chi connectivity index (χ0) is 25.1. The van der Waals surface area contributed by atoms with Crippen LogP contribution in [0.15, 0.2) is 47.4 Å². The van der Waals surface area contributed by atoms with Crippen molar-refractivity contribution in [1.29, 1.82) is 0 Å². The number of anilines is 1. The normalized spacial score (nSPS) is 27.3. The molecule has 190 valence electrons. The number of benzene rings is 1. The van der Waals surface area contributed by atoms with E-state index >= 15 is 8.78 Å². The van der Waals surface area contributed by atoms with E-state index in [9.17, 15) is 14.2 Å². The Bertz CT molecular complexity index is 1150. The molecule has 4 rings (SSSR count). The molecule has 0 aliphatic carbocycles. The van der Waals surface area contributed by atoms with Gasteiger partial charge in [-0.1, -0.05) is 30.3 Å². The minimum Gasteiger partial charge on any atom is -0.461 e. The first-order chi connectivity index (χ1) is 16.7. The molecule has 35 heavy (non-hydrogen) atoms. The van der Waals surface area contributed by atoms with Gasteiger partial charge in [-0.3, -0.25) is 22.9 Å². The second-order valence-corrected chi connectivity index (χ2v) is 9.57. The minimum atomic E-state index is -4.32. The molecule has 1 aromatic heterocycles. The number of fused-ring (bicyclic) bond motifs is 1. The highest BCUT2D eigenvalue weighted by molar-refractivity contribution is 7.48. The highest BCUT2D eigenvalue weighted by Gasteiger charge is 2.65. The number of ether oxygens (including phenoxy) is 2. The third kappa shape index (κ3) is 5.93. The molecule has 4 atom stereocenters. The van der Waals surface area contributed by atoms with Gasteiger partial charge >= 0.3 is 25.4 Å². The van der Waals surface area contributed by atoms with E-state index in [-0.39, 0.29) is 31.9 Å². The first-order valence-electron chi connectivity index (χ1n) is 10.8. The number of hydrogen-bond donors (Lipinski definition) is 1. The number of carbonyl (C=O) groups excluding carboxylic acids is 1. The first-order valence-corrected chi connectivity index (χ1v) is 12.3. The van der Waals surface area contributed by atoms with Crippen LogP contribution in [0.1, 0.15) is 31.1 Å². The molecule has 2 fully saturated rings. The summed E-state index contributed by atoms with van der Waals surface area (Å²) in [6, 6.07) is 10.4. The zero-order valence-corrected chi connectivity index (χ0v) is 19.4. The van der Waals surface area contributed by atoms with Crippen LogP contribution >= 0.6 is 7.82 Å². The fourth-order valence-electron chi connectivity index (χ4n) is 3.60. The zero-order valence-electron chi connectivity index (χ0n) is 18.5. The van der Waals surface area contributed by atoms with Crippen molar-refractivity contribution >= 4 is 19.6 Å². The Labute approximate surface area is 198 Å². The van der Waals surface area contributed by atoms with Gasteiger partial charge in [0.25, 0.3) is 0 Å². The molecule has 0 amide bonds. The van der Waals surface area contributed by atoms with E-state index in [0.717, 1.165) is 11.8 Å². The highest BCUT2D eigenvalue weighted by Crippen LogP contribution is 2.59. The van der Waals surface area contributed by atoms with Crippen LogP contribution in [-0.2, 0) is 39.0 Å². The number of alkyl halides is 2. The third-order valence-corrected chi connectivity index (χ3v) is 6.81. The second kappa shape index (κ2) is 10.5. The number of esters is 1. The lowest BCUT2D eigenvalue weighted by Crippen LogP contribution is -2.45. The van der Waals surface area contributed by atoms with Gasteiger partial charge in [-0.05, 0) is 24.5 Å². The molecule has 0 radical (unpaired) electrons. The van der Waals surface area contributed by atoms with Crippen molar-refractivity contribution in [3.05, 3.63) is 58.6 Å². The van der Waals surface area contributed by atoms with E-state index in [2.05, 4.69) is 4.98 Å². The standard InChI is InChI=1S/C21H24F2N3O8P/c22-21(23)18-15(33-19(21)26-10-9-16(24)25-20(26)28)13-32-35(29,34-18)31-11-5-4-8-17(27)30-12-14-6-2-1-3-7-14/h1-3,6-7,9-10,15,18-19H,4-5,8,11-13H2,(H2,24,25,28)/t15-,18-,19-,35?/m1/s1. The lowest BCUT2D eigenvalue weighted by atomic mass is 10.1. The fourth-order valence-corrected chi connectivity index (χ4v) is 5.03. The van der Waals surface area contributed by atoms with Crippen molar-refractivity contribution in [3.8, 4) is 0 Å². The van der Waals surface area contributed by atoms with Crippen LogP contribution in [0.5, 0.6) is 0 Å². The molecule has 1 unspecified atom stereocenters. The maximum Gasteiger partial charge on any atom is 0.475 e. The van der Waals surface area contributed by atoms with E-state index in [1.165, 1.54) is 6.07 Å². The maximum absolute atomic E-state index is 15.0. The molecule has 2 N–H and O–H groups in total. The van der Waals surface area contributed by atoms with Crippen molar-refractivity contribution in [1.82, 2.24) is 9.55 Å². The molecular formula is C21H24F2N3O8P. The van der Waals surface area contributed by atoms with Crippen LogP contribution in [0.2, 0.25) is 0 Å². The fraction of sp³-hybridized carbons (Fsp3) is 0.476. The maximum atomic E-state index is 15.0. The van der Waals surface area contributed by atoms with Gasteiger partial charge in [0.1, 0.15) is 18.5 Å². The average molecular weight is 515 g/mol. The number of hydrogen-bond acceptors (Lipinski definition) is 10. The molecule has 2 aromatic rings. The summed E-state index contributed by atoms with van der Waals surface area (Å²) in [7, 11) is -4.32. The largest absolute Gasteiger partial charge is 0.475 e. The molecule has 11 nitrogen and oxygen atoms in total. The van der Waals surface area contributed by atoms with Crippen LogP contribution in [0.3, 0.4) is 0 Å². The van der Waals surface area contributed by atoms with Crippen LogP contribution < -0.4 is 11.4 Å². The number of unbranched alkanes of at least 4 members (excludes halogenated alkanes) is 1. The van der Waals surface area contributed by atoms with Crippen molar-refractivity contribution in [2.45, 2.75) is 50.2 Å². The molecule has 2 aliphatic heterocycles. The van der Waals surface area contributed by atoms with Gasteiger partial charge in [-0.25, -0.2) is 9.36 Å². The number of phosphoric ester groups is 1. The molecule has 2 aliphatic rings. The van der Waals surface area contributed by atoms with Gasteiger partial charge in [0.2, 0.25) is 6.23 Å². The Morgan fingerprint density at radius 2 is 2.03 bits per heavy atom. The quantitative estimate of drug-likeness (QED) is 0.301. The number of phosphoric acid groups is 1. The van der Waals surface area contributed by atoms with Crippen LogP contribution in [-0.4, -0.2) is 46.9 Å². The molecule has 3 heterocycles. The highest BCUT2D eigenvalue weighted by atomic mass is 31.2. The summed E-state index contributed by atoms with van der Waals surface area (Å²) in [6.07, 6.45) is -3.53. The first kappa shape index (κ1) is 25.4. The predicted octanol–water partition coefficient (Wildman–Crippen LogP) is 2.81. The summed E-state index contributed by atoms with van der Waals surface area (Å²) in [4.78, 5) is 27.2. The SMILES string of the molecule is Nc1ccn([C@@H]2O[C@@H]3COP(=O)(OCCCCC(=O)OCc4ccccc4)O[C@H]3C2(F)F)c(=O)n1. The summed E-state index contributed by atoms with van der Waals surface area (Å²) in [5, 5.41) is 0. The van der Waals surface area contributed by atoms with E-state index in [1.807, 2.05) is 30.3 Å². The Kier molecular flexibility index (Phi) is 7.62. The predicted molar refractivity (Wildman–Crippen MR) is 116 cm³/mol. The number of halogens is 2. The number of rotatable bonds is 9. The Balaban J connectivity index is 1.24. The smallest absolute Gasteiger partial charge is 0.461 e. The van der Waals surface area contributed by atoms with Crippen molar-refractivity contribution in [2.75, 3.05) is 18.9 Å². The summed E-state index contributed by atoms with van der Waals surface area (Å²) in [6.45, 7) is -0.486. The summed E-state index contributed by atoms with van der Waals surface area (Å²) in [5.74, 6) is -4.28. The van der Waals surface area contributed by atoms with Gasteiger partial charge in [0.15, 0.2) is 6.10 Å². The topological polar surface area (TPSA) is 141 Å². The van der Waals surface area contributed by atoms with Crippen LogP contribution in [0, 0.1) is 0 Å². The molecule has 1 aromatic carbocycles. The molecule has 14 heteroatoms. The molecule has 2 saturated heterocycles. The van der Waals surface area contributed by atoms with Gasteiger partial charge in [-0.2, -0.15) is 13.8 Å². The van der Waals surface area contributed by atoms with E-state index in [4.69, 9.17) is 28.8 Å². The summed E-state index contributed by atoms with van der Waals surface area (Å²) < 4.78 is 69.0. The molecular weight excluding hydrogens is 491 g/mol. The number of nitrogen functional groups attached to an aromatic ring is 1. The number of aromatic nitrogens is 2. The minimum absolute atomic E-state index is 0.102. The van der Waals surface area contributed by atoms with Crippen molar-refractivity contribution in [3.63, 3.8) is 0 Å². The van der Waals surface area contributed by atoms with Crippen LogP contribution in [0.4, 0.5) is 14.6 Å². The lowest BCUT2D eigenvalue weighted by Gasteiger charge is -2.31. The van der Waals surface area contributed by atoms with Gasteiger partial charge in [0, 0.05) is 12.6 Å². The second-order valence-electron chi connectivity index (χ2n) is 7.95. The number of nitrogens with two attached hydrogens (primary N) is 1. The number of nitrogens with zero attached hydrogens (tertiary/aromatic N) is 2. The van der Waals surface area contributed by atoms with Crippen molar-refractivity contribution in [2.24, 2.45) is 0 Å². The summed E-state index contributed by atoms with van der Waals surface area (Å²) in [5.41, 5.74) is 5.22. The average Bonchev–Trinajstić information content (AvgIpc) is 3.08.